The summed E-state index contributed by atoms with van der Waals surface area (Å²) < 4.78 is 29.7. The maximum absolute atomic E-state index is 14.4. The summed E-state index contributed by atoms with van der Waals surface area (Å²) in [4.78, 5) is 72.1. The highest BCUT2D eigenvalue weighted by molar-refractivity contribution is 6.39. The summed E-state index contributed by atoms with van der Waals surface area (Å²) in [6.07, 6.45) is 14.0. The van der Waals surface area contributed by atoms with Gasteiger partial charge in [-0.05, 0) is 101 Å². The van der Waals surface area contributed by atoms with Crippen LogP contribution >= 0.6 is 0 Å². The highest BCUT2D eigenvalue weighted by Gasteiger charge is 2.53. The third-order valence-corrected chi connectivity index (χ3v) is 14.9. The molecule has 0 aromatic rings. The predicted molar refractivity (Wildman–Crippen MR) is 248 cm³/mol. The fraction of sp³-hybridized carbons (Fsp3) is 0.750. The molecule has 2 N–H and O–H groups in total. The monoisotopic (exact) mass is 912 g/mol. The van der Waals surface area contributed by atoms with Crippen molar-refractivity contribution in [2.45, 2.75) is 181 Å². The predicted octanol–water partition coefficient (Wildman–Crippen LogP) is 7.46. The lowest BCUT2D eigenvalue weighted by Gasteiger charge is -2.42. The molecule has 0 aromatic heterocycles. The van der Waals surface area contributed by atoms with E-state index in [1.54, 1.807) is 28.1 Å². The van der Waals surface area contributed by atoms with E-state index in [0.717, 1.165) is 17.6 Å². The first kappa shape index (κ1) is 54.3. The number of hydrogen-bond acceptors (Lipinski definition) is 12. The number of hydrogen-bond donors (Lipinski definition) is 2. The van der Waals surface area contributed by atoms with Crippen molar-refractivity contribution < 1.29 is 57.9 Å². The average Bonchev–Trinajstić information content (AvgIpc) is 3.28. The number of allylic oxidation sites excluding steroid dienone is 6. The summed E-state index contributed by atoms with van der Waals surface area (Å²) in [5, 5.41) is 22.4. The van der Waals surface area contributed by atoms with Crippen molar-refractivity contribution in [3.8, 4) is 0 Å². The number of ether oxygens (including phenoxy) is 5. The van der Waals surface area contributed by atoms with Gasteiger partial charge in [0.25, 0.3) is 11.7 Å². The number of piperidine rings is 1. The number of amides is 1. The van der Waals surface area contributed by atoms with Crippen molar-refractivity contribution in [3.63, 3.8) is 0 Å². The molecule has 3 aliphatic heterocycles. The number of ketones is 3. The number of carbonyl (C=O) groups excluding carboxylic acids is 5. The maximum Gasteiger partial charge on any atom is 0.329 e. The number of rotatable bonds is 6. The van der Waals surface area contributed by atoms with Crippen molar-refractivity contribution in [3.05, 3.63) is 47.6 Å². The molecule has 2 saturated heterocycles. The van der Waals surface area contributed by atoms with E-state index in [0.29, 0.717) is 57.8 Å². The molecule has 3 heterocycles. The summed E-state index contributed by atoms with van der Waals surface area (Å²) in [6.45, 7) is 15.3. The van der Waals surface area contributed by atoms with Crippen molar-refractivity contribution in [2.24, 2.45) is 41.4 Å². The molecule has 13 heteroatoms. The van der Waals surface area contributed by atoms with Crippen LogP contribution in [0.15, 0.2) is 47.6 Å². The largest absolute Gasteiger partial charge is 0.460 e. The van der Waals surface area contributed by atoms with Gasteiger partial charge in [-0.1, -0.05) is 83.6 Å². The summed E-state index contributed by atoms with van der Waals surface area (Å²) in [5.41, 5.74) is 1.73. The minimum absolute atomic E-state index is 0.00540. The first-order valence-corrected chi connectivity index (χ1v) is 24.2. The van der Waals surface area contributed by atoms with Gasteiger partial charge >= 0.3 is 5.97 Å². The zero-order valence-electron chi connectivity index (χ0n) is 41.2. The lowest BCUT2D eigenvalue weighted by atomic mass is 9.78. The van der Waals surface area contributed by atoms with E-state index in [-0.39, 0.29) is 66.6 Å². The Morgan fingerprint density at radius 1 is 0.846 bits per heavy atom. The van der Waals surface area contributed by atoms with Gasteiger partial charge < -0.3 is 38.8 Å². The number of nitrogens with zero attached hydrogens (tertiary/aromatic N) is 1. The van der Waals surface area contributed by atoms with E-state index in [2.05, 4.69) is 13.0 Å². The number of fused-ring (bicyclic) bond motifs is 3. The number of aliphatic hydroxyl groups excluding tert-OH is 1. The zero-order valence-corrected chi connectivity index (χ0v) is 41.2. The van der Waals surface area contributed by atoms with Crippen LogP contribution in [0.2, 0.25) is 0 Å². The number of aliphatic hydroxyl groups is 2. The zero-order chi connectivity index (χ0) is 48.2. The number of cyclic esters (lactones) is 1. The summed E-state index contributed by atoms with van der Waals surface area (Å²) in [5.74, 6) is -7.31. The molecular weight excluding hydrogens is 831 g/mol. The molecule has 0 aromatic carbocycles. The van der Waals surface area contributed by atoms with Gasteiger partial charge in [0.2, 0.25) is 5.79 Å². The Morgan fingerprint density at radius 2 is 1.57 bits per heavy atom. The minimum Gasteiger partial charge on any atom is -0.460 e. The van der Waals surface area contributed by atoms with Crippen molar-refractivity contribution in [2.75, 3.05) is 27.9 Å². The second-order valence-electron chi connectivity index (χ2n) is 19.9. The topological polar surface area (TPSA) is 175 Å². The molecule has 1 amide bonds. The molecule has 0 radical (unpaired) electrons. The summed E-state index contributed by atoms with van der Waals surface area (Å²) in [6, 6.07) is -1.11. The second-order valence-corrected chi connectivity index (χ2v) is 19.9. The Kier molecular flexibility index (Phi) is 21.0. The van der Waals surface area contributed by atoms with E-state index < -0.39 is 71.8 Å². The Labute approximate surface area is 388 Å². The van der Waals surface area contributed by atoms with Gasteiger partial charge in [-0.15, -0.1) is 0 Å². The highest BCUT2D eigenvalue weighted by atomic mass is 16.6. The van der Waals surface area contributed by atoms with Crippen LogP contribution in [0.4, 0.5) is 0 Å². The molecule has 7 unspecified atom stereocenters. The van der Waals surface area contributed by atoms with Gasteiger partial charge in [-0.3, -0.25) is 19.2 Å². The second kappa shape index (κ2) is 25.2. The molecular formula is C52H81NO12. The van der Waals surface area contributed by atoms with Crippen molar-refractivity contribution in [1.82, 2.24) is 4.90 Å². The molecule has 4 rings (SSSR count). The van der Waals surface area contributed by atoms with Crippen LogP contribution in [0, 0.1) is 41.4 Å². The van der Waals surface area contributed by atoms with Crippen LogP contribution in [0.1, 0.15) is 132 Å². The van der Waals surface area contributed by atoms with Crippen LogP contribution in [-0.4, -0.2) is 121 Å². The SMILES string of the molecule is COC1CC(C[C@@H](C)[C@@H]2CC(=O)[C@H](C)/C=C(\C)C(C)[C@@H](OC)C(=O)C(C)C[C@H](C)/C=C/C=C/C=C(\C)[C@@H](OC)C[C@@H]3CCC(C)C(O)(O3)C(=O)C(=O)N3CCCCC3C(=O)O2)CC[C@H]1O. The first-order valence-electron chi connectivity index (χ1n) is 24.2. The van der Waals surface area contributed by atoms with Gasteiger partial charge in [0.1, 0.15) is 24.0 Å². The molecule has 0 spiro atoms. The highest BCUT2D eigenvalue weighted by Crippen LogP contribution is 2.38. The van der Waals surface area contributed by atoms with Crippen molar-refractivity contribution in [1.29, 1.82) is 0 Å². The minimum atomic E-state index is -2.41. The maximum atomic E-state index is 14.4. The Morgan fingerprint density at radius 3 is 2.25 bits per heavy atom. The van der Waals surface area contributed by atoms with Crippen LogP contribution in [0.3, 0.4) is 0 Å². The first-order chi connectivity index (χ1) is 30.7. The van der Waals surface area contributed by atoms with E-state index in [1.807, 2.05) is 65.0 Å². The molecule has 1 aliphatic carbocycles. The quantitative estimate of drug-likeness (QED) is 0.153. The summed E-state index contributed by atoms with van der Waals surface area (Å²) >= 11 is 0. The van der Waals surface area contributed by atoms with Gasteiger partial charge in [0.15, 0.2) is 5.78 Å². The Hall–Kier alpha value is -3.33. The lowest BCUT2D eigenvalue weighted by molar-refractivity contribution is -0.265. The molecule has 15 atom stereocenters. The lowest BCUT2D eigenvalue weighted by Crippen LogP contribution is -2.61. The Balaban J connectivity index is 1.70. The van der Waals surface area contributed by atoms with E-state index in [1.165, 1.54) is 12.0 Å². The smallest absolute Gasteiger partial charge is 0.329 e. The Bertz CT molecular complexity index is 1750. The molecule has 3 fully saturated rings. The van der Waals surface area contributed by atoms with Gasteiger partial charge in [0, 0.05) is 64.4 Å². The third kappa shape index (κ3) is 14.3. The standard InChI is InChI=1S/C52H81NO12/c1-31-17-13-12-14-18-32(2)44(61-9)29-40-22-20-37(7)52(60,65-40)49(57)50(58)53-24-16-15-19-41(53)51(59)64-45(35(5)27-39-21-23-42(54)46(28-39)62-10)30-43(55)34(4)26-33(3)38(8)48(63-11)47(56)36(6)25-31/h12-14,17-18,26,31,34-42,44-46,48,54,60H,15-16,19-25,27-30H2,1-11H3/b14-12+,17-13+,32-18+,33-26+/t31-,34-,35-,36?,37?,38?,39?,40+,41?,42-,44+,45+,46?,48-,52?/m1/s1. The molecule has 65 heavy (non-hydrogen) atoms. The van der Waals surface area contributed by atoms with Gasteiger partial charge in [-0.2, -0.15) is 0 Å². The fourth-order valence-electron chi connectivity index (χ4n) is 10.3. The number of Topliss-reactive ketones (excluding diaryl/α,β-unsaturated/α-hetero) is 3. The van der Waals surface area contributed by atoms with Gasteiger partial charge in [0.05, 0.1) is 24.4 Å². The average molecular weight is 912 g/mol. The molecule has 13 nitrogen and oxygen atoms in total. The van der Waals surface area contributed by atoms with E-state index in [9.17, 15) is 34.2 Å². The van der Waals surface area contributed by atoms with Crippen LogP contribution in [0.25, 0.3) is 0 Å². The molecule has 2 bridgehead atoms. The molecule has 4 aliphatic rings. The summed E-state index contributed by atoms with van der Waals surface area (Å²) in [7, 11) is 4.71. The fourth-order valence-corrected chi connectivity index (χ4v) is 10.3. The van der Waals surface area contributed by atoms with Crippen LogP contribution in [-0.2, 0) is 47.7 Å². The third-order valence-electron chi connectivity index (χ3n) is 14.9. The van der Waals surface area contributed by atoms with Gasteiger partial charge in [-0.25, -0.2) is 4.79 Å². The van der Waals surface area contributed by atoms with Crippen LogP contribution < -0.4 is 0 Å². The van der Waals surface area contributed by atoms with Crippen LogP contribution in [0.5, 0.6) is 0 Å². The molecule has 366 valence electrons. The van der Waals surface area contributed by atoms with Crippen molar-refractivity contribution >= 4 is 29.2 Å². The normalized spacial score (nSPS) is 40.4. The van der Waals surface area contributed by atoms with E-state index >= 15 is 0 Å². The van der Waals surface area contributed by atoms with E-state index in [4.69, 9.17) is 23.7 Å². The number of esters is 1. The molecule has 1 saturated carbocycles. The number of methoxy groups -OCH3 is 3. The number of carbonyl (C=O) groups is 5.